The average Bonchev–Trinajstić information content (AvgIpc) is 3.39. The Kier molecular flexibility index (Phi) is 6.99. The molecule has 36 heavy (non-hydrogen) atoms. The average molecular weight is 496 g/mol. The van der Waals surface area contributed by atoms with Crippen LogP contribution in [0.1, 0.15) is 73.8 Å². The Morgan fingerprint density at radius 1 is 1.17 bits per heavy atom. The molecule has 11 heteroatoms. The van der Waals surface area contributed by atoms with E-state index in [1.54, 1.807) is 25.5 Å². The normalized spacial score (nSPS) is 20.6. The molecule has 11 nitrogen and oxygen atoms in total. The minimum atomic E-state index is -0.737. The van der Waals surface area contributed by atoms with Gasteiger partial charge in [-0.2, -0.15) is 10.1 Å². The Labute approximate surface area is 209 Å². The van der Waals surface area contributed by atoms with E-state index in [1.807, 2.05) is 0 Å². The van der Waals surface area contributed by atoms with Gasteiger partial charge in [-0.25, -0.2) is 4.98 Å². The molecule has 1 saturated heterocycles. The summed E-state index contributed by atoms with van der Waals surface area (Å²) >= 11 is 0. The van der Waals surface area contributed by atoms with Crippen molar-refractivity contribution in [3.8, 4) is 0 Å². The predicted molar refractivity (Wildman–Crippen MR) is 131 cm³/mol. The van der Waals surface area contributed by atoms with Crippen molar-refractivity contribution >= 4 is 29.5 Å². The molecule has 1 atom stereocenters. The maximum atomic E-state index is 13.5. The van der Waals surface area contributed by atoms with E-state index in [0.29, 0.717) is 37.6 Å². The number of nitrogens with zero attached hydrogens (tertiary/aromatic N) is 4. The smallest absolute Gasteiger partial charge is 0.270 e. The Bertz CT molecular complexity index is 1130. The number of anilines is 2. The Balaban J connectivity index is 1.36. The van der Waals surface area contributed by atoms with Crippen LogP contribution in [0.2, 0.25) is 0 Å². The van der Waals surface area contributed by atoms with E-state index in [-0.39, 0.29) is 29.6 Å². The number of hydrogen-bond acceptors (Lipinski definition) is 7. The van der Waals surface area contributed by atoms with Crippen LogP contribution in [0.25, 0.3) is 0 Å². The number of rotatable bonds is 5. The molecule has 2 aliphatic heterocycles. The number of hydrogen-bond donors (Lipinski definition) is 3. The summed E-state index contributed by atoms with van der Waals surface area (Å²) in [4.78, 5) is 48.2. The van der Waals surface area contributed by atoms with Crippen LogP contribution in [0.5, 0.6) is 0 Å². The van der Waals surface area contributed by atoms with Crippen LogP contribution in [0.3, 0.4) is 0 Å². The molecule has 1 saturated carbocycles. The highest BCUT2D eigenvalue weighted by Gasteiger charge is 2.49. The van der Waals surface area contributed by atoms with Gasteiger partial charge in [0, 0.05) is 38.2 Å². The van der Waals surface area contributed by atoms with Crippen molar-refractivity contribution in [1.29, 1.82) is 0 Å². The van der Waals surface area contributed by atoms with Gasteiger partial charge in [0.2, 0.25) is 17.8 Å². The maximum Gasteiger partial charge on any atom is 0.270 e. The van der Waals surface area contributed by atoms with Crippen molar-refractivity contribution in [3.05, 3.63) is 29.7 Å². The molecule has 1 aliphatic carbocycles. The second kappa shape index (κ2) is 10.3. The van der Waals surface area contributed by atoms with Gasteiger partial charge >= 0.3 is 0 Å². The number of carbonyl (C=O) groups excluding carboxylic acids is 3. The van der Waals surface area contributed by atoms with E-state index < -0.39 is 11.5 Å². The minimum Gasteiger partial charge on any atom is -0.381 e. The zero-order valence-electron chi connectivity index (χ0n) is 20.6. The van der Waals surface area contributed by atoms with Crippen molar-refractivity contribution in [2.45, 2.75) is 69.2 Å². The third-order valence-corrected chi connectivity index (χ3v) is 7.80. The molecule has 3 aliphatic rings. The zero-order chi connectivity index (χ0) is 25.1. The Hall–Kier alpha value is -3.34. The zero-order valence-corrected chi connectivity index (χ0v) is 20.6. The first-order valence-electron chi connectivity index (χ1n) is 12.8. The molecule has 1 unspecified atom stereocenters. The van der Waals surface area contributed by atoms with Crippen LogP contribution in [0, 0.1) is 5.92 Å². The van der Waals surface area contributed by atoms with Gasteiger partial charge in [-0.1, -0.05) is 32.1 Å². The molecule has 0 bridgehead atoms. The first-order chi connectivity index (χ1) is 17.5. The molecule has 0 radical (unpaired) electrons. The van der Waals surface area contributed by atoms with E-state index >= 15 is 0 Å². The molecule has 3 amide bonds. The van der Waals surface area contributed by atoms with Crippen LogP contribution in [0.15, 0.2) is 18.5 Å². The van der Waals surface area contributed by atoms with Crippen LogP contribution in [0.4, 0.5) is 11.8 Å². The summed E-state index contributed by atoms with van der Waals surface area (Å²) in [7, 11) is 1.69. The molecule has 2 aromatic rings. The summed E-state index contributed by atoms with van der Waals surface area (Å²) in [6.45, 7) is 1.01. The summed E-state index contributed by atoms with van der Waals surface area (Å²) in [5, 5.41) is 12.7. The molecular formula is C25H33N7O4. The maximum absolute atomic E-state index is 13.5. The fourth-order valence-electron chi connectivity index (χ4n) is 5.67. The highest BCUT2D eigenvalue weighted by Crippen LogP contribution is 2.43. The van der Waals surface area contributed by atoms with Crippen molar-refractivity contribution in [3.63, 3.8) is 0 Å². The molecule has 192 valence electrons. The fraction of sp³-hybridized carbons (Fsp3) is 0.600. The van der Waals surface area contributed by atoms with Gasteiger partial charge in [-0.15, -0.1) is 0 Å². The number of ether oxygens (including phenoxy) is 1. The molecule has 3 N–H and O–H groups in total. The van der Waals surface area contributed by atoms with E-state index in [1.165, 1.54) is 11.1 Å². The molecule has 4 heterocycles. The van der Waals surface area contributed by atoms with Gasteiger partial charge in [0.25, 0.3) is 5.91 Å². The third-order valence-electron chi connectivity index (χ3n) is 7.80. The van der Waals surface area contributed by atoms with Gasteiger partial charge in [0.15, 0.2) is 0 Å². The summed E-state index contributed by atoms with van der Waals surface area (Å²) in [5.41, 5.74) is 0.459. The lowest BCUT2D eigenvalue weighted by Crippen LogP contribution is -2.49. The molecule has 2 fully saturated rings. The Morgan fingerprint density at radius 3 is 2.58 bits per heavy atom. The third kappa shape index (κ3) is 4.71. The minimum absolute atomic E-state index is 0.00196. The van der Waals surface area contributed by atoms with E-state index in [2.05, 4.69) is 31.0 Å². The SMILES string of the molecule is Cn1nccc1C(=O)NC(C(=O)Nc1ncc2c(n1)NC(=O)C21CCOCC1)C1CCCCCCC1. The summed E-state index contributed by atoms with van der Waals surface area (Å²) in [5.74, 6) is -0.277. The number of fused-ring (bicyclic) bond motifs is 2. The quantitative estimate of drug-likeness (QED) is 0.578. The van der Waals surface area contributed by atoms with E-state index in [4.69, 9.17) is 4.74 Å². The van der Waals surface area contributed by atoms with Gasteiger partial charge in [-0.05, 0) is 37.7 Å². The van der Waals surface area contributed by atoms with Gasteiger partial charge in [0.05, 0.1) is 5.41 Å². The number of carbonyl (C=O) groups is 3. The van der Waals surface area contributed by atoms with Crippen molar-refractivity contribution < 1.29 is 19.1 Å². The fourth-order valence-corrected chi connectivity index (χ4v) is 5.67. The van der Waals surface area contributed by atoms with E-state index in [0.717, 1.165) is 44.1 Å². The van der Waals surface area contributed by atoms with Gasteiger partial charge in [-0.3, -0.25) is 24.4 Å². The van der Waals surface area contributed by atoms with Crippen molar-refractivity contribution in [2.24, 2.45) is 13.0 Å². The predicted octanol–water partition coefficient (Wildman–Crippen LogP) is 2.31. The monoisotopic (exact) mass is 495 g/mol. The molecular weight excluding hydrogens is 462 g/mol. The summed E-state index contributed by atoms with van der Waals surface area (Å²) in [6, 6.07) is 0.889. The largest absolute Gasteiger partial charge is 0.381 e. The Morgan fingerprint density at radius 2 is 1.89 bits per heavy atom. The number of aryl methyl sites for hydroxylation is 1. The highest BCUT2D eigenvalue weighted by molar-refractivity contribution is 6.05. The molecule has 1 spiro atoms. The van der Waals surface area contributed by atoms with Crippen LogP contribution >= 0.6 is 0 Å². The molecule has 0 aromatic carbocycles. The number of amides is 3. The number of aromatic nitrogens is 4. The van der Waals surface area contributed by atoms with Gasteiger partial charge < -0.3 is 15.4 Å². The standard InChI is InChI=1S/C25H33N7O4/c1-32-18(9-12-27-32)21(33)28-19(16-7-5-3-2-4-6-8-16)22(34)31-24-26-15-17-20(30-24)29-23(35)25(17)10-13-36-14-11-25/h9,12,15-16,19H,2-8,10-11,13-14H2,1H3,(H,28,33)(H2,26,29,30,31,34,35). The lowest BCUT2D eigenvalue weighted by Gasteiger charge is -2.30. The second-order valence-corrected chi connectivity index (χ2v) is 9.99. The van der Waals surface area contributed by atoms with Crippen molar-refractivity contribution in [1.82, 2.24) is 25.1 Å². The first kappa shape index (κ1) is 24.4. The van der Waals surface area contributed by atoms with Crippen LogP contribution in [-0.2, 0) is 26.8 Å². The topological polar surface area (TPSA) is 140 Å². The molecule has 2 aromatic heterocycles. The summed E-state index contributed by atoms with van der Waals surface area (Å²) in [6.07, 6.45) is 11.5. The first-order valence-corrected chi connectivity index (χ1v) is 12.8. The lowest BCUT2D eigenvalue weighted by atomic mass is 9.76. The highest BCUT2D eigenvalue weighted by atomic mass is 16.5. The number of nitrogens with one attached hydrogen (secondary N) is 3. The molecule has 5 rings (SSSR count). The second-order valence-electron chi connectivity index (χ2n) is 9.99. The van der Waals surface area contributed by atoms with Crippen molar-refractivity contribution in [2.75, 3.05) is 23.8 Å². The van der Waals surface area contributed by atoms with Gasteiger partial charge in [0.1, 0.15) is 17.6 Å². The van der Waals surface area contributed by atoms with E-state index in [9.17, 15) is 14.4 Å². The lowest BCUT2D eigenvalue weighted by molar-refractivity contribution is -0.124. The van der Waals surface area contributed by atoms with Crippen LogP contribution < -0.4 is 16.0 Å². The summed E-state index contributed by atoms with van der Waals surface area (Å²) < 4.78 is 6.93. The van der Waals surface area contributed by atoms with Crippen LogP contribution in [-0.4, -0.2) is 56.7 Å².